The van der Waals surface area contributed by atoms with Crippen LogP contribution in [0, 0.1) is 12.8 Å². The monoisotopic (exact) mass is 1090 g/mol. The summed E-state index contributed by atoms with van der Waals surface area (Å²) in [4.78, 5) is 67.6. The number of aromatic amines is 1. The maximum Gasteiger partial charge on any atom is 0.255 e. The van der Waals surface area contributed by atoms with Gasteiger partial charge in [0.2, 0.25) is 11.8 Å². The lowest BCUT2D eigenvalue weighted by Gasteiger charge is -2.35. The van der Waals surface area contributed by atoms with E-state index in [1.165, 1.54) is 10.5 Å². The molecule has 3 amide bonds. The van der Waals surface area contributed by atoms with Crippen LogP contribution in [0.3, 0.4) is 0 Å². The summed E-state index contributed by atoms with van der Waals surface area (Å²) < 4.78 is 18.2. The zero-order valence-corrected chi connectivity index (χ0v) is 45.9. The van der Waals surface area contributed by atoms with Gasteiger partial charge in [0.15, 0.2) is 0 Å². The number of rotatable bonds is 23. The Morgan fingerprint density at radius 1 is 0.846 bits per heavy atom. The first-order valence-corrected chi connectivity index (χ1v) is 28.0. The minimum atomic E-state index is -0.902. The van der Waals surface area contributed by atoms with E-state index in [4.69, 9.17) is 25.8 Å². The molecule has 2 saturated heterocycles. The summed E-state index contributed by atoms with van der Waals surface area (Å²) in [6.45, 7) is 14.6. The first kappa shape index (κ1) is 54.6. The summed E-state index contributed by atoms with van der Waals surface area (Å²) in [5.41, 5.74) is 11.0. The molecule has 4 N–H and O–H groups in total. The normalized spacial score (nSPS) is 17.3. The van der Waals surface area contributed by atoms with Crippen molar-refractivity contribution in [3.8, 4) is 27.4 Å². The second kappa shape index (κ2) is 25.4. The Labute approximate surface area is 463 Å². The van der Waals surface area contributed by atoms with Crippen molar-refractivity contribution in [1.29, 1.82) is 0 Å². The van der Waals surface area contributed by atoms with Crippen molar-refractivity contribution in [3.63, 3.8) is 0 Å². The van der Waals surface area contributed by atoms with Gasteiger partial charge in [0.25, 0.3) is 5.91 Å². The van der Waals surface area contributed by atoms with Gasteiger partial charge in [-0.1, -0.05) is 98.2 Å². The van der Waals surface area contributed by atoms with E-state index in [-0.39, 0.29) is 49.8 Å². The number of aliphatic hydroxyl groups is 1. The number of carbonyl (C=O) groups is 3. The molecule has 0 radical (unpaired) electrons. The van der Waals surface area contributed by atoms with Crippen molar-refractivity contribution in [1.82, 2.24) is 44.9 Å². The quantitative estimate of drug-likeness (QED) is 0.0455. The third-order valence-corrected chi connectivity index (χ3v) is 16.2. The fourth-order valence-electron chi connectivity index (χ4n) is 10.6. The van der Waals surface area contributed by atoms with Crippen LogP contribution in [0.4, 0.5) is 5.82 Å². The number of aliphatic hydroxyl groups excluding tert-OH is 1. The Hall–Kier alpha value is -6.77. The summed E-state index contributed by atoms with van der Waals surface area (Å²) in [7, 11) is 0. The maximum atomic E-state index is 14.3. The summed E-state index contributed by atoms with van der Waals surface area (Å²) in [6, 6.07) is 30.1. The number of likely N-dealkylation sites (tertiary alicyclic amines) is 1. The van der Waals surface area contributed by atoms with E-state index in [0.29, 0.717) is 50.8 Å². The lowest BCUT2D eigenvalue weighted by Crippen LogP contribution is -2.55. The second-order valence-corrected chi connectivity index (χ2v) is 21.7. The van der Waals surface area contributed by atoms with Crippen LogP contribution in [0.5, 0.6) is 5.75 Å². The molecule has 0 spiro atoms. The molecule has 10 rings (SSSR count). The molecular weight excluding hydrogens is 1030 g/mol. The van der Waals surface area contributed by atoms with Crippen LogP contribution >= 0.6 is 22.9 Å². The number of benzene rings is 4. The number of fused-ring (bicyclic) bond motifs is 2. The minimum absolute atomic E-state index is 0.00707. The van der Waals surface area contributed by atoms with Crippen molar-refractivity contribution in [3.05, 3.63) is 147 Å². The molecular formula is C59H67ClN10O7S. The first-order valence-electron chi connectivity index (χ1n) is 26.8. The van der Waals surface area contributed by atoms with Crippen molar-refractivity contribution < 1.29 is 33.7 Å². The molecule has 3 aliphatic rings. The Bertz CT molecular complexity index is 3200. The number of β-amino-alcohol motifs (C(OH)–C–C–N with tert-alkyl or cyclic N) is 1. The molecule has 0 bridgehead atoms. The van der Waals surface area contributed by atoms with Crippen molar-refractivity contribution in [2.45, 2.75) is 71.6 Å². The highest BCUT2D eigenvalue weighted by Crippen LogP contribution is 2.34. The second-order valence-electron chi connectivity index (χ2n) is 20.5. The van der Waals surface area contributed by atoms with Gasteiger partial charge >= 0.3 is 0 Å². The molecule has 78 heavy (non-hydrogen) atoms. The van der Waals surface area contributed by atoms with Gasteiger partial charge in [-0.2, -0.15) is 0 Å². The molecule has 3 aromatic heterocycles. The Balaban J connectivity index is 0.640. The number of aryl methyl sites for hydroxylation is 1. The third-order valence-electron chi connectivity index (χ3n) is 14.8. The van der Waals surface area contributed by atoms with E-state index in [0.717, 1.165) is 105 Å². The Morgan fingerprint density at radius 2 is 1.59 bits per heavy atom. The molecule has 3 atom stereocenters. The minimum Gasteiger partial charge on any atom is -0.491 e. The van der Waals surface area contributed by atoms with Gasteiger partial charge < -0.3 is 44.7 Å². The number of ether oxygens (including phenoxy) is 3. The SMILES string of the molecule is Cc1ncsc1-c1ccc(CNC(=O)C2CC(O)CN2C(=O)[C@H](C(C)C)N2Cc3ccccc3C2=O)c(OCCOCCOCCN2CCN(Cc3ccc(-c4cc5c(NCc6ccccc6Cl)ncnc5[nH]4)cc3)CC2)c1. The molecule has 0 saturated carbocycles. The molecule has 6 heterocycles. The fourth-order valence-corrected chi connectivity index (χ4v) is 11.6. The van der Waals surface area contributed by atoms with E-state index < -0.39 is 18.2 Å². The van der Waals surface area contributed by atoms with Crippen LogP contribution in [0.15, 0.2) is 109 Å². The molecule has 3 aliphatic heterocycles. The predicted molar refractivity (Wildman–Crippen MR) is 302 cm³/mol. The fraction of sp³-hybridized carbons (Fsp3) is 0.390. The number of nitrogens with zero attached hydrogens (tertiary/aromatic N) is 7. The number of amides is 3. The smallest absolute Gasteiger partial charge is 0.255 e. The number of hydrogen-bond donors (Lipinski definition) is 4. The van der Waals surface area contributed by atoms with Gasteiger partial charge in [0.05, 0.1) is 54.0 Å². The summed E-state index contributed by atoms with van der Waals surface area (Å²) in [6.07, 6.45) is 0.789. The van der Waals surface area contributed by atoms with Gasteiger partial charge in [-0.25, -0.2) is 15.0 Å². The van der Waals surface area contributed by atoms with E-state index in [9.17, 15) is 19.5 Å². The third kappa shape index (κ3) is 12.9. The molecule has 2 fully saturated rings. The average Bonchev–Trinajstić information content (AvgIpc) is 4.33. The van der Waals surface area contributed by atoms with E-state index in [1.54, 1.807) is 28.6 Å². The molecule has 19 heteroatoms. The lowest BCUT2D eigenvalue weighted by atomic mass is 10.0. The summed E-state index contributed by atoms with van der Waals surface area (Å²) in [5.74, 6) is 0.193. The van der Waals surface area contributed by atoms with E-state index in [1.807, 2.05) is 86.9 Å². The predicted octanol–water partition coefficient (Wildman–Crippen LogP) is 7.81. The van der Waals surface area contributed by atoms with Crippen LogP contribution in [0.25, 0.3) is 32.7 Å². The van der Waals surface area contributed by atoms with Gasteiger partial charge in [-0.15, -0.1) is 11.3 Å². The zero-order chi connectivity index (χ0) is 54.1. The Kier molecular flexibility index (Phi) is 17.7. The first-order chi connectivity index (χ1) is 38.0. The molecule has 0 aliphatic carbocycles. The summed E-state index contributed by atoms with van der Waals surface area (Å²) in [5, 5.41) is 18.9. The van der Waals surface area contributed by atoms with Gasteiger partial charge in [0, 0.05) is 93.7 Å². The largest absolute Gasteiger partial charge is 0.491 e. The number of carbonyl (C=O) groups excluding carboxylic acids is 3. The van der Waals surface area contributed by atoms with E-state index >= 15 is 0 Å². The highest BCUT2D eigenvalue weighted by molar-refractivity contribution is 7.13. The lowest BCUT2D eigenvalue weighted by molar-refractivity contribution is -0.143. The van der Waals surface area contributed by atoms with Crippen LogP contribution in [0.2, 0.25) is 5.02 Å². The van der Waals surface area contributed by atoms with Gasteiger partial charge in [-0.3, -0.25) is 24.2 Å². The number of anilines is 1. The standard InChI is InChI=1S/C59H67ClN10O7S/c1-38(2)53(70-34-45-9-4-6-10-47(45)58(70)73)59(74)69-35-46(71)29-51(69)57(72)62-32-44-17-16-42(54-39(3)65-37-78-54)28-52(44)77-27-26-76-25-24-75-23-22-67-18-20-68(21-19-67)33-40-12-14-41(15-13-40)50-30-48-55(63-36-64-56(48)66-50)61-31-43-8-5-7-11-49(43)60/h4-17,28,30,36-38,46,51,53,71H,18-27,29,31-35H2,1-3H3,(H,62,72)(H2,61,63,64,66)/t46?,51?,53-/m0/s1. The van der Waals surface area contributed by atoms with Gasteiger partial charge in [0.1, 0.15) is 42.2 Å². The molecule has 4 aromatic carbocycles. The number of aromatic nitrogens is 4. The zero-order valence-electron chi connectivity index (χ0n) is 44.3. The molecule has 408 valence electrons. The topological polar surface area (TPSA) is 191 Å². The van der Waals surface area contributed by atoms with Gasteiger partial charge in [-0.05, 0) is 64.9 Å². The van der Waals surface area contributed by atoms with Crippen molar-refractivity contribution in [2.75, 3.05) is 77.6 Å². The number of halogens is 1. The van der Waals surface area contributed by atoms with Crippen LogP contribution in [-0.2, 0) is 45.2 Å². The van der Waals surface area contributed by atoms with E-state index in [2.05, 4.69) is 70.7 Å². The molecule has 7 aromatic rings. The van der Waals surface area contributed by atoms with Crippen LogP contribution in [0.1, 0.15) is 58.6 Å². The highest BCUT2D eigenvalue weighted by atomic mass is 35.5. The number of thiazole rings is 1. The number of hydrogen-bond acceptors (Lipinski definition) is 14. The number of piperazine rings is 1. The molecule has 2 unspecified atom stereocenters. The summed E-state index contributed by atoms with van der Waals surface area (Å²) >= 11 is 7.92. The average molecular weight is 1100 g/mol. The highest BCUT2D eigenvalue weighted by Gasteiger charge is 2.46. The van der Waals surface area contributed by atoms with Crippen molar-refractivity contribution in [2.24, 2.45) is 5.92 Å². The van der Waals surface area contributed by atoms with Crippen LogP contribution in [-0.4, -0.2) is 153 Å². The maximum absolute atomic E-state index is 14.3. The Morgan fingerprint density at radius 3 is 2.36 bits per heavy atom. The molecule has 17 nitrogen and oxygen atoms in total. The number of nitrogens with one attached hydrogen (secondary N) is 3. The van der Waals surface area contributed by atoms with Crippen LogP contribution < -0.4 is 15.4 Å². The number of H-pyrrole nitrogens is 1. The van der Waals surface area contributed by atoms with Crippen molar-refractivity contribution >= 4 is 57.5 Å².